The summed E-state index contributed by atoms with van der Waals surface area (Å²) in [4.78, 5) is 28.0. The molecule has 4 nitrogen and oxygen atoms in total. The minimum Gasteiger partial charge on any atom is -0.336 e. The molecule has 1 unspecified atom stereocenters. The Kier molecular flexibility index (Phi) is 3.23. The highest BCUT2D eigenvalue weighted by Crippen LogP contribution is 2.23. The number of carbonyl (C=O) groups is 2. The summed E-state index contributed by atoms with van der Waals surface area (Å²) < 4.78 is 0. The maximum Gasteiger partial charge on any atom is 0.253 e. The first-order valence-electron chi connectivity index (χ1n) is 6.89. The van der Waals surface area contributed by atoms with Crippen LogP contribution in [0.4, 0.5) is 0 Å². The van der Waals surface area contributed by atoms with E-state index in [0.717, 1.165) is 18.4 Å². The average Bonchev–Trinajstić information content (AvgIpc) is 2.47. The Labute approximate surface area is 113 Å². The molecule has 0 radical (unpaired) electrons. The Morgan fingerprint density at radius 2 is 1.95 bits per heavy atom. The molecule has 4 heteroatoms. The molecule has 0 aliphatic carbocycles. The molecule has 1 aromatic carbocycles. The third-order valence-corrected chi connectivity index (χ3v) is 4.04. The normalized spacial score (nSPS) is 23.2. The molecule has 2 amide bonds. The fourth-order valence-corrected chi connectivity index (χ4v) is 3.01. The quantitative estimate of drug-likeness (QED) is 0.766. The van der Waals surface area contributed by atoms with Crippen LogP contribution in [0.1, 0.15) is 29.6 Å². The maximum absolute atomic E-state index is 12.4. The standard InChI is InChI=1S/C15H18N2O2/c18-14-8-4-7-13-11-16(9-10-17(13)14)15(19)12-5-2-1-3-6-12/h1-3,5-6,13H,4,7-11H2. The molecular formula is C15H18N2O2. The van der Waals surface area contributed by atoms with E-state index in [1.807, 2.05) is 40.1 Å². The zero-order chi connectivity index (χ0) is 13.2. The number of fused-ring (bicyclic) bond motifs is 1. The molecule has 3 rings (SSSR count). The molecule has 0 spiro atoms. The molecule has 0 bridgehead atoms. The SMILES string of the molecule is O=C(c1ccccc1)N1CCN2C(=O)CCCC2C1. The molecule has 100 valence electrons. The Bertz CT molecular complexity index is 486. The van der Waals surface area contributed by atoms with Crippen LogP contribution in [0, 0.1) is 0 Å². The van der Waals surface area contributed by atoms with Gasteiger partial charge in [0, 0.05) is 37.7 Å². The van der Waals surface area contributed by atoms with Gasteiger partial charge >= 0.3 is 0 Å². The maximum atomic E-state index is 12.4. The van der Waals surface area contributed by atoms with Crippen LogP contribution in [0.25, 0.3) is 0 Å². The number of benzene rings is 1. The molecule has 0 N–H and O–H groups in total. The highest BCUT2D eigenvalue weighted by Gasteiger charge is 2.34. The lowest BCUT2D eigenvalue weighted by Gasteiger charge is -2.44. The number of carbonyl (C=O) groups excluding carboxylic acids is 2. The van der Waals surface area contributed by atoms with E-state index in [1.165, 1.54) is 0 Å². The van der Waals surface area contributed by atoms with E-state index in [0.29, 0.717) is 26.1 Å². The largest absolute Gasteiger partial charge is 0.336 e. The summed E-state index contributed by atoms with van der Waals surface area (Å²) in [6, 6.07) is 9.60. The minimum atomic E-state index is 0.0817. The zero-order valence-corrected chi connectivity index (χ0v) is 10.9. The average molecular weight is 258 g/mol. The van der Waals surface area contributed by atoms with E-state index in [2.05, 4.69) is 0 Å². The van der Waals surface area contributed by atoms with E-state index in [-0.39, 0.29) is 17.9 Å². The summed E-state index contributed by atoms with van der Waals surface area (Å²) in [6.45, 7) is 2.01. The smallest absolute Gasteiger partial charge is 0.253 e. The Morgan fingerprint density at radius 1 is 1.16 bits per heavy atom. The third kappa shape index (κ3) is 2.35. The van der Waals surface area contributed by atoms with Crippen LogP contribution in [0.3, 0.4) is 0 Å². The summed E-state index contributed by atoms with van der Waals surface area (Å²) in [7, 11) is 0. The van der Waals surface area contributed by atoms with Crippen LogP contribution in [-0.4, -0.2) is 47.3 Å². The fourth-order valence-electron chi connectivity index (χ4n) is 3.01. The van der Waals surface area contributed by atoms with Crippen LogP contribution < -0.4 is 0 Å². The topological polar surface area (TPSA) is 40.6 Å². The summed E-state index contributed by atoms with van der Waals surface area (Å²) in [5, 5.41) is 0. The van der Waals surface area contributed by atoms with E-state index in [9.17, 15) is 9.59 Å². The molecule has 0 saturated carbocycles. The van der Waals surface area contributed by atoms with E-state index in [4.69, 9.17) is 0 Å². The molecule has 1 atom stereocenters. The monoisotopic (exact) mass is 258 g/mol. The lowest BCUT2D eigenvalue weighted by Crippen LogP contribution is -2.58. The molecule has 2 fully saturated rings. The van der Waals surface area contributed by atoms with Gasteiger partial charge in [-0.1, -0.05) is 18.2 Å². The van der Waals surface area contributed by atoms with Gasteiger partial charge in [0.15, 0.2) is 0 Å². The van der Waals surface area contributed by atoms with Crippen molar-refractivity contribution in [3.8, 4) is 0 Å². The van der Waals surface area contributed by atoms with E-state index >= 15 is 0 Å². The number of rotatable bonds is 1. The number of hydrogen-bond acceptors (Lipinski definition) is 2. The molecule has 2 saturated heterocycles. The number of nitrogens with zero attached hydrogens (tertiary/aromatic N) is 2. The van der Waals surface area contributed by atoms with Gasteiger partial charge in [0.05, 0.1) is 0 Å². The van der Waals surface area contributed by atoms with Gasteiger partial charge in [-0.25, -0.2) is 0 Å². The van der Waals surface area contributed by atoms with Crippen LogP contribution in [0.15, 0.2) is 30.3 Å². The molecule has 0 aromatic heterocycles. The number of hydrogen-bond donors (Lipinski definition) is 0. The Hall–Kier alpha value is -1.84. The predicted molar refractivity (Wildman–Crippen MR) is 71.7 cm³/mol. The van der Waals surface area contributed by atoms with E-state index < -0.39 is 0 Å². The Morgan fingerprint density at radius 3 is 2.74 bits per heavy atom. The zero-order valence-electron chi connectivity index (χ0n) is 10.9. The molecule has 19 heavy (non-hydrogen) atoms. The van der Waals surface area contributed by atoms with Crippen molar-refractivity contribution >= 4 is 11.8 Å². The van der Waals surface area contributed by atoms with Crippen LogP contribution in [0.5, 0.6) is 0 Å². The Balaban J connectivity index is 1.71. The van der Waals surface area contributed by atoms with Gasteiger partial charge in [0.2, 0.25) is 5.91 Å². The van der Waals surface area contributed by atoms with Crippen molar-refractivity contribution in [2.24, 2.45) is 0 Å². The van der Waals surface area contributed by atoms with Gasteiger partial charge in [-0.05, 0) is 25.0 Å². The van der Waals surface area contributed by atoms with Gasteiger partial charge in [0.1, 0.15) is 0 Å². The number of piperidine rings is 1. The summed E-state index contributed by atoms with van der Waals surface area (Å²) >= 11 is 0. The third-order valence-electron chi connectivity index (χ3n) is 4.04. The molecule has 2 aliphatic heterocycles. The van der Waals surface area contributed by atoms with Gasteiger partial charge in [-0.3, -0.25) is 9.59 Å². The first kappa shape index (κ1) is 12.2. The second-order valence-electron chi connectivity index (χ2n) is 5.25. The van der Waals surface area contributed by atoms with Gasteiger partial charge in [-0.15, -0.1) is 0 Å². The van der Waals surface area contributed by atoms with Crippen molar-refractivity contribution in [2.45, 2.75) is 25.3 Å². The van der Waals surface area contributed by atoms with Crippen molar-refractivity contribution < 1.29 is 9.59 Å². The van der Waals surface area contributed by atoms with Gasteiger partial charge in [0.25, 0.3) is 5.91 Å². The molecule has 1 aromatic rings. The van der Waals surface area contributed by atoms with Gasteiger partial charge in [-0.2, -0.15) is 0 Å². The van der Waals surface area contributed by atoms with Crippen molar-refractivity contribution in [1.29, 1.82) is 0 Å². The number of piperazine rings is 1. The van der Waals surface area contributed by atoms with Crippen LogP contribution in [0.2, 0.25) is 0 Å². The fraction of sp³-hybridized carbons (Fsp3) is 0.467. The van der Waals surface area contributed by atoms with Crippen molar-refractivity contribution in [3.05, 3.63) is 35.9 Å². The molecular weight excluding hydrogens is 240 g/mol. The molecule has 2 heterocycles. The summed E-state index contributed by atoms with van der Waals surface area (Å²) in [5.41, 5.74) is 0.734. The summed E-state index contributed by atoms with van der Waals surface area (Å²) in [5.74, 6) is 0.335. The highest BCUT2D eigenvalue weighted by atomic mass is 16.2. The predicted octanol–water partition coefficient (Wildman–Crippen LogP) is 1.52. The van der Waals surface area contributed by atoms with Crippen LogP contribution >= 0.6 is 0 Å². The lowest BCUT2D eigenvalue weighted by atomic mass is 9.98. The number of amides is 2. The van der Waals surface area contributed by atoms with E-state index in [1.54, 1.807) is 0 Å². The second-order valence-corrected chi connectivity index (χ2v) is 5.25. The second kappa shape index (κ2) is 5.03. The molecule has 2 aliphatic rings. The van der Waals surface area contributed by atoms with Crippen molar-refractivity contribution in [3.63, 3.8) is 0 Å². The first-order chi connectivity index (χ1) is 9.25. The minimum absolute atomic E-state index is 0.0817. The first-order valence-corrected chi connectivity index (χ1v) is 6.89. The van der Waals surface area contributed by atoms with Crippen LogP contribution in [-0.2, 0) is 4.79 Å². The van der Waals surface area contributed by atoms with Gasteiger partial charge < -0.3 is 9.80 Å². The van der Waals surface area contributed by atoms with Crippen molar-refractivity contribution in [1.82, 2.24) is 9.80 Å². The van der Waals surface area contributed by atoms with Crippen molar-refractivity contribution in [2.75, 3.05) is 19.6 Å². The lowest BCUT2D eigenvalue weighted by molar-refractivity contribution is -0.138. The summed E-state index contributed by atoms with van der Waals surface area (Å²) in [6.07, 6.45) is 2.64. The highest BCUT2D eigenvalue weighted by molar-refractivity contribution is 5.94.